The van der Waals surface area contributed by atoms with Crippen LogP contribution in [0.5, 0.6) is 5.75 Å². The molecule has 0 bridgehead atoms. The van der Waals surface area contributed by atoms with Gasteiger partial charge in [-0.25, -0.2) is 0 Å². The van der Waals surface area contributed by atoms with Gasteiger partial charge in [0.2, 0.25) is 0 Å². The van der Waals surface area contributed by atoms with Crippen molar-refractivity contribution in [2.24, 2.45) is 0 Å². The van der Waals surface area contributed by atoms with E-state index in [1.807, 2.05) is 12.1 Å². The summed E-state index contributed by atoms with van der Waals surface area (Å²) >= 11 is 0. The molecule has 1 aromatic carbocycles. The van der Waals surface area contributed by atoms with Crippen molar-refractivity contribution >= 4 is 5.69 Å². The molecule has 3 heteroatoms. The summed E-state index contributed by atoms with van der Waals surface area (Å²) < 4.78 is 5.19. The van der Waals surface area contributed by atoms with Gasteiger partial charge < -0.3 is 10.5 Å². The highest BCUT2D eigenvalue weighted by Crippen LogP contribution is 2.23. The standard InChI is InChI=1S/C16H28N2O/c1-5-6-7-10-18(13(2)3)12-14-8-9-16(19-4)15(17)11-14/h8-9,11,13H,5-7,10,12,17H2,1-4H3. The number of nitrogens with zero attached hydrogens (tertiary/aromatic N) is 1. The molecule has 2 N–H and O–H groups in total. The third-order valence-electron chi connectivity index (χ3n) is 3.46. The molecule has 1 rings (SSSR count). The van der Waals surface area contributed by atoms with Crippen molar-refractivity contribution in [3.05, 3.63) is 23.8 Å². The number of nitrogens with two attached hydrogens (primary N) is 1. The van der Waals surface area contributed by atoms with E-state index in [-0.39, 0.29) is 0 Å². The average Bonchev–Trinajstić information content (AvgIpc) is 2.38. The van der Waals surface area contributed by atoms with Crippen LogP contribution in [0.15, 0.2) is 18.2 Å². The fraction of sp³-hybridized carbons (Fsp3) is 0.625. The maximum absolute atomic E-state index is 5.96. The average molecular weight is 264 g/mol. The van der Waals surface area contributed by atoms with Gasteiger partial charge >= 0.3 is 0 Å². The molecule has 3 nitrogen and oxygen atoms in total. The van der Waals surface area contributed by atoms with E-state index >= 15 is 0 Å². The third-order valence-corrected chi connectivity index (χ3v) is 3.46. The van der Waals surface area contributed by atoms with Gasteiger partial charge in [-0.15, -0.1) is 0 Å². The quantitative estimate of drug-likeness (QED) is 0.575. The molecule has 0 aliphatic carbocycles. The Hall–Kier alpha value is -1.22. The lowest BCUT2D eigenvalue weighted by atomic mass is 10.1. The lowest BCUT2D eigenvalue weighted by molar-refractivity contribution is 0.208. The van der Waals surface area contributed by atoms with Crippen molar-refractivity contribution < 1.29 is 4.74 Å². The van der Waals surface area contributed by atoms with Gasteiger partial charge in [0.05, 0.1) is 12.8 Å². The lowest BCUT2D eigenvalue weighted by Crippen LogP contribution is -2.31. The summed E-state index contributed by atoms with van der Waals surface area (Å²) in [5.41, 5.74) is 7.93. The van der Waals surface area contributed by atoms with Crippen LogP contribution in [0.2, 0.25) is 0 Å². The van der Waals surface area contributed by atoms with Crippen molar-refractivity contribution in [2.45, 2.75) is 52.6 Å². The van der Waals surface area contributed by atoms with Crippen LogP contribution >= 0.6 is 0 Å². The van der Waals surface area contributed by atoms with Crippen molar-refractivity contribution in [2.75, 3.05) is 19.4 Å². The predicted molar refractivity (Wildman–Crippen MR) is 82.5 cm³/mol. The normalized spacial score (nSPS) is 11.3. The fourth-order valence-electron chi connectivity index (χ4n) is 2.20. The van der Waals surface area contributed by atoms with E-state index < -0.39 is 0 Å². The van der Waals surface area contributed by atoms with Crippen molar-refractivity contribution in [1.29, 1.82) is 0 Å². The van der Waals surface area contributed by atoms with E-state index in [4.69, 9.17) is 10.5 Å². The molecule has 0 fully saturated rings. The van der Waals surface area contributed by atoms with Gasteiger partial charge in [-0.3, -0.25) is 4.90 Å². The maximum atomic E-state index is 5.96. The van der Waals surface area contributed by atoms with E-state index in [9.17, 15) is 0 Å². The smallest absolute Gasteiger partial charge is 0.141 e. The highest BCUT2D eigenvalue weighted by molar-refractivity contribution is 5.54. The predicted octanol–water partition coefficient (Wildman–Crippen LogP) is 3.68. The van der Waals surface area contributed by atoms with E-state index in [0.717, 1.165) is 24.5 Å². The Morgan fingerprint density at radius 2 is 2.00 bits per heavy atom. The van der Waals surface area contributed by atoms with Crippen LogP contribution in [0.3, 0.4) is 0 Å². The minimum atomic E-state index is 0.556. The summed E-state index contributed by atoms with van der Waals surface area (Å²) in [7, 11) is 1.65. The summed E-state index contributed by atoms with van der Waals surface area (Å²) in [6.45, 7) is 8.84. The van der Waals surface area contributed by atoms with Crippen molar-refractivity contribution in [3.63, 3.8) is 0 Å². The fourth-order valence-corrected chi connectivity index (χ4v) is 2.20. The van der Waals surface area contributed by atoms with Crippen LogP contribution in [0, 0.1) is 0 Å². The Morgan fingerprint density at radius 3 is 2.53 bits per heavy atom. The minimum Gasteiger partial charge on any atom is -0.495 e. The Labute approximate surface area is 117 Å². The molecule has 0 unspecified atom stereocenters. The first-order valence-electron chi connectivity index (χ1n) is 7.25. The van der Waals surface area contributed by atoms with Gasteiger partial charge in [-0.1, -0.05) is 25.8 Å². The van der Waals surface area contributed by atoms with Crippen LogP contribution in [0.4, 0.5) is 5.69 Å². The van der Waals surface area contributed by atoms with Gasteiger partial charge in [0, 0.05) is 12.6 Å². The SMILES string of the molecule is CCCCCN(Cc1ccc(OC)c(N)c1)C(C)C. The number of methoxy groups -OCH3 is 1. The molecule has 0 spiro atoms. The minimum absolute atomic E-state index is 0.556. The number of hydrogen-bond donors (Lipinski definition) is 1. The first-order chi connectivity index (χ1) is 9.08. The van der Waals surface area contributed by atoms with Crippen LogP contribution in [0.25, 0.3) is 0 Å². The molecule has 0 atom stereocenters. The van der Waals surface area contributed by atoms with E-state index in [1.165, 1.54) is 24.8 Å². The number of anilines is 1. The van der Waals surface area contributed by atoms with Crippen LogP contribution in [-0.2, 0) is 6.54 Å². The molecule has 0 aliphatic rings. The summed E-state index contributed by atoms with van der Waals surface area (Å²) in [5.74, 6) is 0.755. The van der Waals surface area contributed by atoms with Crippen LogP contribution < -0.4 is 10.5 Å². The highest BCUT2D eigenvalue weighted by Gasteiger charge is 2.10. The van der Waals surface area contributed by atoms with E-state index in [1.54, 1.807) is 7.11 Å². The monoisotopic (exact) mass is 264 g/mol. The van der Waals surface area contributed by atoms with Crippen LogP contribution in [0.1, 0.15) is 45.6 Å². The Kier molecular flexibility index (Phi) is 6.71. The summed E-state index contributed by atoms with van der Waals surface area (Å²) in [5, 5.41) is 0. The number of nitrogen functional groups attached to an aromatic ring is 1. The molecule has 1 aromatic rings. The summed E-state index contributed by atoms with van der Waals surface area (Å²) in [6, 6.07) is 6.63. The molecule has 0 aromatic heterocycles. The first-order valence-corrected chi connectivity index (χ1v) is 7.25. The first kappa shape index (κ1) is 15.8. The van der Waals surface area contributed by atoms with Crippen molar-refractivity contribution in [1.82, 2.24) is 4.90 Å². The lowest BCUT2D eigenvalue weighted by Gasteiger charge is -2.26. The zero-order valence-corrected chi connectivity index (χ0v) is 12.8. The second-order valence-corrected chi connectivity index (χ2v) is 5.35. The topological polar surface area (TPSA) is 38.5 Å². The van der Waals surface area contributed by atoms with Gasteiger partial charge in [0.15, 0.2) is 0 Å². The second kappa shape index (κ2) is 8.05. The second-order valence-electron chi connectivity index (χ2n) is 5.35. The number of benzene rings is 1. The molecule has 0 radical (unpaired) electrons. The molecule has 0 aliphatic heterocycles. The number of ether oxygens (including phenoxy) is 1. The highest BCUT2D eigenvalue weighted by atomic mass is 16.5. The Bertz CT molecular complexity index is 377. The summed E-state index contributed by atoms with van der Waals surface area (Å²) in [4.78, 5) is 2.50. The molecular formula is C16H28N2O. The molecule has 0 saturated heterocycles. The number of unbranched alkanes of at least 4 members (excludes halogenated alkanes) is 2. The largest absolute Gasteiger partial charge is 0.495 e. The molecule has 0 saturated carbocycles. The van der Waals surface area contributed by atoms with Gasteiger partial charge in [-0.2, -0.15) is 0 Å². The molecule has 19 heavy (non-hydrogen) atoms. The van der Waals surface area contributed by atoms with E-state index in [2.05, 4.69) is 31.7 Å². The maximum Gasteiger partial charge on any atom is 0.141 e. The molecular weight excluding hydrogens is 236 g/mol. The number of hydrogen-bond acceptors (Lipinski definition) is 3. The number of rotatable bonds is 8. The Balaban J connectivity index is 2.65. The van der Waals surface area contributed by atoms with Crippen LogP contribution in [-0.4, -0.2) is 24.6 Å². The molecule has 0 amide bonds. The van der Waals surface area contributed by atoms with Gasteiger partial charge in [0.1, 0.15) is 5.75 Å². The van der Waals surface area contributed by atoms with Gasteiger partial charge in [0.25, 0.3) is 0 Å². The Morgan fingerprint density at radius 1 is 1.26 bits per heavy atom. The zero-order valence-electron chi connectivity index (χ0n) is 12.8. The van der Waals surface area contributed by atoms with Crippen molar-refractivity contribution in [3.8, 4) is 5.75 Å². The van der Waals surface area contributed by atoms with Gasteiger partial charge in [-0.05, 0) is 44.5 Å². The molecule has 108 valence electrons. The zero-order chi connectivity index (χ0) is 14.3. The molecule has 0 heterocycles. The third kappa shape index (κ3) is 5.11. The van der Waals surface area contributed by atoms with E-state index in [0.29, 0.717) is 6.04 Å². The summed E-state index contributed by atoms with van der Waals surface area (Å²) in [6.07, 6.45) is 3.83.